The van der Waals surface area contributed by atoms with Gasteiger partial charge in [0, 0.05) is 29.7 Å². The molecule has 0 saturated heterocycles. The molecule has 3 aromatic rings. The lowest BCUT2D eigenvalue weighted by molar-refractivity contribution is -0.142. The zero-order chi connectivity index (χ0) is 23.2. The second kappa shape index (κ2) is 8.53. The van der Waals surface area contributed by atoms with E-state index < -0.39 is 18.5 Å². The van der Waals surface area contributed by atoms with E-state index in [1.807, 2.05) is 32.2 Å². The van der Waals surface area contributed by atoms with Crippen molar-refractivity contribution >= 4 is 28.7 Å². The summed E-state index contributed by atoms with van der Waals surface area (Å²) in [5.41, 5.74) is 0.980. The minimum atomic E-state index is -4.69. The zero-order valence-electron chi connectivity index (χ0n) is 17.9. The van der Waals surface area contributed by atoms with Crippen LogP contribution in [-0.2, 0) is 25.9 Å². The van der Waals surface area contributed by atoms with Crippen molar-refractivity contribution in [2.75, 3.05) is 17.7 Å². The molecule has 0 aliphatic carbocycles. The van der Waals surface area contributed by atoms with Crippen molar-refractivity contribution in [3.8, 4) is 0 Å². The van der Waals surface area contributed by atoms with Gasteiger partial charge in [0.1, 0.15) is 5.82 Å². The van der Waals surface area contributed by atoms with Gasteiger partial charge in [-0.3, -0.25) is 0 Å². The van der Waals surface area contributed by atoms with Gasteiger partial charge in [-0.2, -0.15) is 13.2 Å². The van der Waals surface area contributed by atoms with E-state index in [1.54, 1.807) is 16.7 Å². The largest absolute Gasteiger partial charge is 0.433 e. The van der Waals surface area contributed by atoms with Crippen molar-refractivity contribution in [1.82, 2.24) is 19.5 Å². The van der Waals surface area contributed by atoms with Gasteiger partial charge in [-0.15, -0.1) is 11.8 Å². The second-order valence-electron chi connectivity index (χ2n) is 8.01. The third kappa shape index (κ3) is 3.82. The van der Waals surface area contributed by atoms with E-state index in [-0.39, 0.29) is 30.1 Å². The third-order valence-corrected chi connectivity index (χ3v) is 6.51. The Balaban J connectivity index is 1.84. The van der Waals surface area contributed by atoms with Gasteiger partial charge in [-0.05, 0) is 29.9 Å². The number of benzene rings is 1. The highest BCUT2D eigenvalue weighted by atomic mass is 32.2. The summed E-state index contributed by atoms with van der Waals surface area (Å²) in [4.78, 5) is 15.5. The Hall–Kier alpha value is -2.37. The van der Waals surface area contributed by atoms with Crippen LogP contribution in [0.5, 0.6) is 0 Å². The highest BCUT2D eigenvalue weighted by Crippen LogP contribution is 2.39. The lowest BCUT2D eigenvalue weighted by Crippen LogP contribution is -2.42. The minimum Gasteiger partial charge on any atom is -0.392 e. The van der Waals surface area contributed by atoms with Gasteiger partial charge in [0.05, 0.1) is 30.3 Å². The summed E-state index contributed by atoms with van der Waals surface area (Å²) in [6.07, 6.45) is -1.71. The second-order valence-corrected chi connectivity index (χ2v) is 8.86. The van der Waals surface area contributed by atoms with Crippen LogP contribution in [0.4, 0.5) is 19.1 Å². The first-order valence-corrected chi connectivity index (χ1v) is 11.4. The minimum absolute atomic E-state index is 0.0126. The van der Waals surface area contributed by atoms with Gasteiger partial charge in [0.15, 0.2) is 5.69 Å². The fourth-order valence-electron chi connectivity index (χ4n) is 4.25. The number of fused-ring (bicyclic) bond motifs is 3. The zero-order valence-corrected chi connectivity index (χ0v) is 18.7. The normalized spacial score (nSPS) is 16.8. The summed E-state index contributed by atoms with van der Waals surface area (Å²) in [6.45, 7) is 3.99. The molecule has 1 aliphatic rings. The molecule has 0 fully saturated rings. The van der Waals surface area contributed by atoms with Crippen LogP contribution in [0.15, 0.2) is 23.2 Å². The summed E-state index contributed by atoms with van der Waals surface area (Å²) in [6, 6.07) is 3.53. The van der Waals surface area contributed by atoms with E-state index in [0.29, 0.717) is 13.1 Å². The SMILES string of the molecule is CSc1cc2c(cc1CO)nc1n2CCN(c2ncc(CO)c(C(F)(F)F)n2)C1C(C)C. The van der Waals surface area contributed by atoms with Crippen LogP contribution in [0.2, 0.25) is 0 Å². The maximum Gasteiger partial charge on any atom is 0.433 e. The average Bonchev–Trinajstić information content (AvgIpc) is 3.13. The van der Waals surface area contributed by atoms with Gasteiger partial charge in [0.2, 0.25) is 5.95 Å². The van der Waals surface area contributed by atoms with E-state index in [2.05, 4.69) is 14.5 Å². The van der Waals surface area contributed by atoms with Crippen LogP contribution >= 0.6 is 11.8 Å². The summed E-state index contributed by atoms with van der Waals surface area (Å²) >= 11 is 1.54. The van der Waals surface area contributed by atoms with Gasteiger partial charge in [-0.25, -0.2) is 15.0 Å². The molecule has 172 valence electrons. The molecule has 2 N–H and O–H groups in total. The van der Waals surface area contributed by atoms with Crippen molar-refractivity contribution in [3.63, 3.8) is 0 Å². The Morgan fingerprint density at radius 3 is 2.44 bits per heavy atom. The molecule has 4 rings (SSSR count). The van der Waals surface area contributed by atoms with E-state index in [0.717, 1.165) is 33.5 Å². The molecule has 0 amide bonds. The van der Waals surface area contributed by atoms with Crippen LogP contribution in [0.1, 0.15) is 42.5 Å². The molecule has 1 aromatic carbocycles. The number of imidazole rings is 1. The quantitative estimate of drug-likeness (QED) is 0.553. The number of aliphatic hydroxyl groups excluding tert-OH is 2. The summed E-state index contributed by atoms with van der Waals surface area (Å²) in [5.74, 6) is 0.706. The lowest BCUT2D eigenvalue weighted by Gasteiger charge is -2.38. The van der Waals surface area contributed by atoms with Crippen molar-refractivity contribution < 1.29 is 23.4 Å². The highest BCUT2D eigenvalue weighted by Gasteiger charge is 2.39. The number of aromatic nitrogens is 4. The van der Waals surface area contributed by atoms with Crippen LogP contribution < -0.4 is 4.90 Å². The topological polar surface area (TPSA) is 87.3 Å². The standard InChI is InChI=1S/C21H24F3N5O2S/c1-11(2)17-19-26-14-6-12(9-30)16(32-3)7-15(14)28(19)4-5-29(17)20-25-8-13(10-31)18(27-20)21(22,23)24/h6-8,11,17,30-31H,4-5,9-10H2,1-3H3. The number of hydrogen-bond donors (Lipinski definition) is 2. The van der Waals surface area contributed by atoms with Crippen LogP contribution in [-0.4, -0.2) is 42.5 Å². The first kappa shape index (κ1) is 22.8. The predicted molar refractivity (Wildman–Crippen MR) is 115 cm³/mol. The number of rotatable bonds is 5. The maximum atomic E-state index is 13.5. The monoisotopic (exact) mass is 467 g/mol. The number of alkyl halides is 3. The molecule has 32 heavy (non-hydrogen) atoms. The molecule has 0 saturated carbocycles. The Morgan fingerprint density at radius 2 is 1.84 bits per heavy atom. The van der Waals surface area contributed by atoms with Crippen molar-refractivity contribution in [3.05, 3.63) is 41.0 Å². The Bertz CT molecular complexity index is 1150. The van der Waals surface area contributed by atoms with Crippen molar-refractivity contribution in [2.24, 2.45) is 5.92 Å². The molecule has 0 spiro atoms. The summed E-state index contributed by atoms with van der Waals surface area (Å²) < 4.78 is 42.6. The fraction of sp³-hybridized carbons (Fsp3) is 0.476. The van der Waals surface area contributed by atoms with Crippen LogP contribution in [0.25, 0.3) is 11.0 Å². The number of nitrogens with zero attached hydrogens (tertiary/aromatic N) is 5. The van der Waals surface area contributed by atoms with E-state index in [9.17, 15) is 23.4 Å². The molecule has 1 unspecified atom stereocenters. The van der Waals surface area contributed by atoms with Crippen molar-refractivity contribution in [2.45, 2.75) is 50.7 Å². The molecule has 2 aromatic heterocycles. The van der Waals surface area contributed by atoms with Crippen LogP contribution in [0.3, 0.4) is 0 Å². The number of aliphatic hydroxyl groups is 2. The summed E-state index contributed by atoms with van der Waals surface area (Å²) in [5, 5.41) is 19.0. The molecular formula is C21H24F3N5O2S. The molecule has 3 heterocycles. The first-order valence-electron chi connectivity index (χ1n) is 10.2. The van der Waals surface area contributed by atoms with Gasteiger partial charge in [-0.1, -0.05) is 13.8 Å². The molecular weight excluding hydrogens is 443 g/mol. The van der Waals surface area contributed by atoms with E-state index >= 15 is 0 Å². The number of thioether (sulfide) groups is 1. The fourth-order valence-corrected chi connectivity index (χ4v) is 4.87. The Labute approximate surface area is 187 Å². The van der Waals surface area contributed by atoms with Gasteiger partial charge < -0.3 is 19.7 Å². The number of hydrogen-bond acceptors (Lipinski definition) is 7. The molecule has 11 heteroatoms. The van der Waals surface area contributed by atoms with Crippen LogP contribution in [0, 0.1) is 5.92 Å². The van der Waals surface area contributed by atoms with E-state index in [1.165, 1.54) is 0 Å². The first-order chi connectivity index (χ1) is 15.2. The molecule has 1 atom stereocenters. The maximum absolute atomic E-state index is 13.5. The van der Waals surface area contributed by atoms with E-state index in [4.69, 9.17) is 4.98 Å². The smallest absolute Gasteiger partial charge is 0.392 e. The molecule has 7 nitrogen and oxygen atoms in total. The third-order valence-electron chi connectivity index (χ3n) is 5.69. The molecule has 1 aliphatic heterocycles. The number of halogens is 3. The molecule has 0 radical (unpaired) electrons. The van der Waals surface area contributed by atoms with Gasteiger partial charge >= 0.3 is 6.18 Å². The highest BCUT2D eigenvalue weighted by molar-refractivity contribution is 7.98. The molecule has 0 bridgehead atoms. The Morgan fingerprint density at radius 1 is 1.12 bits per heavy atom. The average molecular weight is 468 g/mol. The van der Waals surface area contributed by atoms with Crippen molar-refractivity contribution in [1.29, 1.82) is 0 Å². The Kier molecular flexibility index (Phi) is 6.08. The van der Waals surface area contributed by atoms with Gasteiger partial charge in [0.25, 0.3) is 0 Å². The summed E-state index contributed by atoms with van der Waals surface area (Å²) in [7, 11) is 0. The number of anilines is 1. The predicted octanol–water partition coefficient (Wildman–Crippen LogP) is 3.77. The lowest BCUT2D eigenvalue weighted by atomic mass is 10.00.